The second-order valence-electron chi connectivity index (χ2n) is 8.69. The van der Waals surface area contributed by atoms with Gasteiger partial charge in [-0.1, -0.05) is 26.8 Å². The quantitative estimate of drug-likeness (QED) is 0.497. The lowest BCUT2D eigenvalue weighted by Crippen LogP contribution is -2.22. The summed E-state index contributed by atoms with van der Waals surface area (Å²) in [4.78, 5) is 3.28. The molecule has 0 saturated carbocycles. The Bertz CT molecular complexity index is 1260. The van der Waals surface area contributed by atoms with Crippen LogP contribution < -0.4 is 14.9 Å². The van der Waals surface area contributed by atoms with Gasteiger partial charge < -0.3 is 9.64 Å². The van der Waals surface area contributed by atoms with Gasteiger partial charge in [-0.25, -0.2) is 0 Å². The van der Waals surface area contributed by atoms with Crippen molar-refractivity contribution in [2.45, 2.75) is 33.1 Å². The number of methoxy groups -OCH3 is 1. The fraction of sp³-hybridized carbons (Fsp3) is 0.348. The number of thiophene rings is 1. The van der Waals surface area contributed by atoms with Crippen molar-refractivity contribution in [1.29, 1.82) is 0 Å². The first kappa shape index (κ1) is 20.3. The minimum atomic E-state index is -0.136. The van der Waals surface area contributed by atoms with Gasteiger partial charge in [0.2, 0.25) is 0 Å². The minimum Gasteiger partial charge on any atom is -0.496 e. The van der Waals surface area contributed by atoms with E-state index >= 15 is 0 Å². The molecule has 4 aromatic rings. The highest BCUT2D eigenvalue weighted by atomic mass is 32.1. The van der Waals surface area contributed by atoms with Crippen LogP contribution in [0.2, 0.25) is 0 Å². The van der Waals surface area contributed by atoms with Crippen LogP contribution in [0.5, 0.6) is 5.75 Å². The van der Waals surface area contributed by atoms with Gasteiger partial charge in [0.05, 0.1) is 23.4 Å². The average Bonchev–Trinajstić information content (AvgIpc) is 3.38. The molecule has 0 atom stereocenters. The van der Waals surface area contributed by atoms with E-state index in [1.807, 2.05) is 29.6 Å². The van der Waals surface area contributed by atoms with Gasteiger partial charge in [-0.05, 0) is 42.8 Å². The second kappa shape index (κ2) is 7.40. The summed E-state index contributed by atoms with van der Waals surface area (Å²) in [6, 6.07) is 10.3. The van der Waals surface area contributed by atoms with Crippen molar-refractivity contribution < 1.29 is 4.74 Å². The van der Waals surface area contributed by atoms with Crippen molar-refractivity contribution >= 4 is 28.1 Å². The number of ether oxygens (including phenoxy) is 1. The third-order valence-electron chi connectivity index (χ3n) is 4.99. The molecule has 4 rings (SSSR count). The normalized spacial score (nSPS) is 12.7. The molecule has 0 saturated heterocycles. The zero-order chi connectivity index (χ0) is 21.6. The number of hydrogen-bond donors (Lipinski definition) is 0. The van der Waals surface area contributed by atoms with E-state index in [4.69, 9.17) is 9.84 Å². The summed E-state index contributed by atoms with van der Waals surface area (Å²) in [5, 5.41) is 16.2. The molecule has 0 N–H and O–H groups in total. The molecule has 3 aromatic heterocycles. The highest BCUT2D eigenvalue weighted by Crippen LogP contribution is 2.30. The van der Waals surface area contributed by atoms with E-state index in [-0.39, 0.29) is 5.41 Å². The number of aromatic nitrogens is 4. The van der Waals surface area contributed by atoms with Crippen LogP contribution in [0.15, 0.2) is 30.3 Å². The molecule has 1 aromatic carbocycles. The highest BCUT2D eigenvalue weighted by Gasteiger charge is 2.25. The number of nitrogens with zero attached hydrogens (tertiary/aromatic N) is 5. The van der Waals surface area contributed by atoms with Crippen molar-refractivity contribution in [2.75, 3.05) is 26.1 Å². The molecule has 7 heteroatoms. The average molecular weight is 422 g/mol. The zero-order valence-corrected chi connectivity index (χ0v) is 19.3. The predicted octanol–water partition coefficient (Wildman–Crippen LogP) is 4.08. The predicted molar refractivity (Wildman–Crippen MR) is 124 cm³/mol. The smallest absolute Gasteiger partial charge is 0.189 e. The fourth-order valence-corrected chi connectivity index (χ4v) is 4.32. The molecule has 0 aliphatic carbocycles. The molecule has 0 unspecified atom stereocenters. The van der Waals surface area contributed by atoms with E-state index in [0.717, 1.165) is 38.3 Å². The SMILES string of the molecule is COc1cc(C)ccc1-c1nnc2/c(=C\c3ccc(N(C)C)s3)c(C(C)(C)C)nn12. The molecular weight excluding hydrogens is 394 g/mol. The fourth-order valence-electron chi connectivity index (χ4n) is 3.44. The molecule has 0 spiro atoms. The summed E-state index contributed by atoms with van der Waals surface area (Å²) in [5.74, 6) is 1.45. The molecule has 0 radical (unpaired) electrons. The number of aryl methyl sites for hydroxylation is 1. The Hall–Kier alpha value is -2.93. The maximum atomic E-state index is 5.60. The van der Waals surface area contributed by atoms with Gasteiger partial charge in [0.15, 0.2) is 11.5 Å². The van der Waals surface area contributed by atoms with E-state index in [1.54, 1.807) is 18.4 Å². The van der Waals surface area contributed by atoms with E-state index < -0.39 is 0 Å². The van der Waals surface area contributed by atoms with Crippen LogP contribution in [0.25, 0.3) is 23.1 Å². The van der Waals surface area contributed by atoms with Crippen molar-refractivity contribution in [3.63, 3.8) is 0 Å². The minimum absolute atomic E-state index is 0.136. The standard InChI is InChI=1S/C23H27N5OS/c1-14-8-10-16(18(12-14)29-7)21-24-25-22-17(20(23(2,3)4)26-28(21)22)13-15-9-11-19(30-15)27(5)6/h8-13H,1-7H3/b17-13-. The highest BCUT2D eigenvalue weighted by molar-refractivity contribution is 7.16. The van der Waals surface area contributed by atoms with Crippen LogP contribution in [-0.4, -0.2) is 41.0 Å². The first-order chi connectivity index (χ1) is 14.2. The second-order valence-corrected chi connectivity index (χ2v) is 9.78. The number of benzene rings is 1. The van der Waals surface area contributed by atoms with E-state index in [2.05, 4.69) is 68.2 Å². The molecular formula is C23H27N5OS. The topological polar surface area (TPSA) is 55.6 Å². The molecule has 156 valence electrons. The van der Waals surface area contributed by atoms with Crippen LogP contribution in [0.4, 0.5) is 5.00 Å². The molecule has 0 amide bonds. The van der Waals surface area contributed by atoms with Gasteiger partial charge in [0, 0.05) is 29.6 Å². The van der Waals surface area contributed by atoms with E-state index in [9.17, 15) is 0 Å². The van der Waals surface area contributed by atoms with Crippen molar-refractivity contribution in [3.8, 4) is 17.1 Å². The molecule has 0 fully saturated rings. The first-order valence-electron chi connectivity index (χ1n) is 9.88. The summed E-state index contributed by atoms with van der Waals surface area (Å²) < 4.78 is 7.45. The number of anilines is 1. The zero-order valence-electron chi connectivity index (χ0n) is 18.5. The summed E-state index contributed by atoms with van der Waals surface area (Å²) in [5.41, 5.74) is 3.64. The van der Waals surface area contributed by atoms with Crippen LogP contribution in [0.3, 0.4) is 0 Å². The lowest BCUT2D eigenvalue weighted by atomic mass is 9.91. The Morgan fingerprint density at radius 1 is 1.10 bits per heavy atom. The van der Waals surface area contributed by atoms with Crippen LogP contribution in [-0.2, 0) is 5.41 Å². The largest absolute Gasteiger partial charge is 0.496 e. The number of rotatable bonds is 4. The lowest BCUT2D eigenvalue weighted by Gasteiger charge is -2.14. The Morgan fingerprint density at radius 3 is 2.50 bits per heavy atom. The van der Waals surface area contributed by atoms with Gasteiger partial charge in [-0.2, -0.15) is 9.61 Å². The monoisotopic (exact) mass is 421 g/mol. The molecule has 30 heavy (non-hydrogen) atoms. The third-order valence-corrected chi connectivity index (χ3v) is 6.19. The molecule has 3 heterocycles. The third kappa shape index (κ3) is 3.54. The van der Waals surface area contributed by atoms with Gasteiger partial charge in [0.25, 0.3) is 0 Å². The van der Waals surface area contributed by atoms with Crippen LogP contribution in [0.1, 0.15) is 36.9 Å². The number of fused-ring (bicyclic) bond motifs is 1. The van der Waals surface area contributed by atoms with Crippen molar-refractivity contribution in [1.82, 2.24) is 19.8 Å². The first-order valence-corrected chi connectivity index (χ1v) is 10.7. The number of hydrogen-bond acceptors (Lipinski definition) is 6. The van der Waals surface area contributed by atoms with Gasteiger partial charge in [-0.3, -0.25) is 0 Å². The van der Waals surface area contributed by atoms with Crippen molar-refractivity contribution in [2.24, 2.45) is 0 Å². The van der Waals surface area contributed by atoms with Gasteiger partial charge >= 0.3 is 0 Å². The molecule has 0 aliphatic rings. The molecule has 6 nitrogen and oxygen atoms in total. The van der Waals surface area contributed by atoms with Crippen molar-refractivity contribution in [3.05, 3.63) is 51.7 Å². The summed E-state index contributed by atoms with van der Waals surface area (Å²) in [6.45, 7) is 8.56. The summed E-state index contributed by atoms with van der Waals surface area (Å²) >= 11 is 1.74. The molecule has 0 bridgehead atoms. The Morgan fingerprint density at radius 2 is 1.87 bits per heavy atom. The van der Waals surface area contributed by atoms with Crippen LogP contribution in [0, 0.1) is 6.92 Å². The summed E-state index contributed by atoms with van der Waals surface area (Å²) in [7, 11) is 5.78. The van der Waals surface area contributed by atoms with E-state index in [1.165, 1.54) is 5.00 Å². The van der Waals surface area contributed by atoms with Gasteiger partial charge in [-0.15, -0.1) is 21.5 Å². The maximum Gasteiger partial charge on any atom is 0.189 e. The van der Waals surface area contributed by atoms with Gasteiger partial charge in [0.1, 0.15) is 5.75 Å². The Labute approximate surface area is 180 Å². The lowest BCUT2D eigenvalue weighted by molar-refractivity contribution is 0.415. The molecule has 0 aliphatic heterocycles. The van der Waals surface area contributed by atoms with E-state index in [0.29, 0.717) is 5.82 Å². The summed E-state index contributed by atoms with van der Waals surface area (Å²) in [6.07, 6.45) is 2.17. The maximum absolute atomic E-state index is 5.60. The Balaban J connectivity index is 1.96. The Kier molecular flexibility index (Phi) is 5.02. The van der Waals surface area contributed by atoms with Crippen LogP contribution >= 0.6 is 11.3 Å².